The molecular formula is C11H12BrF2NO3S. The van der Waals surface area contributed by atoms with Gasteiger partial charge in [-0.25, -0.2) is 21.9 Å². The first-order chi connectivity index (χ1) is 8.88. The summed E-state index contributed by atoms with van der Waals surface area (Å²) in [4.78, 5) is -0.612. The first-order valence-corrected chi connectivity index (χ1v) is 7.53. The van der Waals surface area contributed by atoms with Crippen LogP contribution in [0.3, 0.4) is 0 Å². The largest absolute Gasteiger partial charge is 0.502 e. The van der Waals surface area contributed by atoms with Gasteiger partial charge in [0.1, 0.15) is 16.5 Å². The minimum atomic E-state index is -4.05. The summed E-state index contributed by atoms with van der Waals surface area (Å²) in [6.45, 7) is 3.69. The van der Waals surface area contributed by atoms with Crippen molar-refractivity contribution in [2.75, 3.05) is 13.2 Å². The lowest BCUT2D eigenvalue weighted by molar-refractivity contribution is 0.247. The van der Waals surface area contributed by atoms with Crippen molar-refractivity contribution in [3.8, 4) is 0 Å². The number of sulfonamides is 1. The predicted molar refractivity (Wildman–Crippen MR) is 70.0 cm³/mol. The zero-order chi connectivity index (χ0) is 14.5. The summed E-state index contributed by atoms with van der Waals surface area (Å²) in [5.74, 6) is -2.01. The maximum atomic E-state index is 13.5. The number of nitrogens with one attached hydrogen (secondary N) is 1. The van der Waals surface area contributed by atoms with Crippen LogP contribution in [0.4, 0.5) is 8.78 Å². The maximum Gasteiger partial charge on any atom is 0.244 e. The summed E-state index contributed by atoms with van der Waals surface area (Å²) in [5.41, 5.74) is 0. The first-order valence-electron chi connectivity index (χ1n) is 5.25. The fourth-order valence-electron chi connectivity index (χ4n) is 1.30. The van der Waals surface area contributed by atoms with Crippen LogP contribution in [0.25, 0.3) is 0 Å². The molecule has 0 bridgehead atoms. The van der Waals surface area contributed by atoms with Crippen molar-refractivity contribution in [3.63, 3.8) is 0 Å². The summed E-state index contributed by atoms with van der Waals surface area (Å²) in [6.07, 6.45) is 1.64. The van der Waals surface area contributed by atoms with Gasteiger partial charge in [-0.2, -0.15) is 0 Å². The monoisotopic (exact) mass is 355 g/mol. The second-order valence-corrected chi connectivity index (χ2v) is 6.05. The molecule has 0 aromatic heterocycles. The van der Waals surface area contributed by atoms with Gasteiger partial charge >= 0.3 is 0 Å². The highest BCUT2D eigenvalue weighted by molar-refractivity contribution is 9.10. The van der Waals surface area contributed by atoms with Gasteiger partial charge < -0.3 is 4.74 Å². The normalized spacial score (nSPS) is 11.3. The molecule has 0 atom stereocenters. The van der Waals surface area contributed by atoms with Crippen molar-refractivity contribution >= 4 is 26.0 Å². The Morgan fingerprint density at radius 1 is 1.42 bits per heavy atom. The standard InChI is InChI=1S/C11H12BrF2NO3S/c1-2-18-5-3-4-15-19(16,17)11-9(12)6-8(13)7-10(11)14/h2,6-7,15H,1,3-5H2. The van der Waals surface area contributed by atoms with Crippen molar-refractivity contribution in [2.45, 2.75) is 11.3 Å². The van der Waals surface area contributed by atoms with E-state index in [9.17, 15) is 17.2 Å². The molecule has 0 aliphatic heterocycles. The van der Waals surface area contributed by atoms with Gasteiger partial charge in [-0.15, -0.1) is 0 Å². The van der Waals surface area contributed by atoms with Gasteiger partial charge in [-0.1, -0.05) is 6.58 Å². The van der Waals surface area contributed by atoms with E-state index in [4.69, 9.17) is 4.74 Å². The second kappa shape index (κ2) is 6.97. The average Bonchev–Trinajstić information content (AvgIpc) is 2.26. The highest BCUT2D eigenvalue weighted by atomic mass is 79.9. The molecule has 0 aliphatic carbocycles. The molecule has 0 heterocycles. The van der Waals surface area contributed by atoms with Crippen molar-refractivity contribution in [2.24, 2.45) is 0 Å². The summed E-state index contributed by atoms with van der Waals surface area (Å²) < 4.78 is 56.9. The minimum Gasteiger partial charge on any atom is -0.502 e. The van der Waals surface area contributed by atoms with Crippen LogP contribution in [0.1, 0.15) is 6.42 Å². The van der Waals surface area contributed by atoms with Gasteiger partial charge in [0.05, 0.1) is 12.9 Å². The maximum absolute atomic E-state index is 13.5. The Morgan fingerprint density at radius 2 is 2.11 bits per heavy atom. The topological polar surface area (TPSA) is 55.4 Å². The summed E-state index contributed by atoms with van der Waals surface area (Å²) in [5, 5.41) is 0. The molecule has 1 rings (SSSR count). The summed E-state index contributed by atoms with van der Waals surface area (Å²) in [7, 11) is -4.05. The van der Waals surface area contributed by atoms with Crippen LogP contribution < -0.4 is 4.72 Å². The number of benzene rings is 1. The minimum absolute atomic E-state index is 0.0689. The van der Waals surface area contributed by atoms with Gasteiger partial charge in [0.2, 0.25) is 10.0 Å². The third-order valence-corrected chi connectivity index (χ3v) is 4.51. The molecule has 0 amide bonds. The third-order valence-electron chi connectivity index (χ3n) is 2.08. The van der Waals surface area contributed by atoms with E-state index in [-0.39, 0.29) is 11.0 Å². The van der Waals surface area contributed by atoms with E-state index < -0.39 is 26.6 Å². The molecule has 0 fully saturated rings. The van der Waals surface area contributed by atoms with E-state index >= 15 is 0 Å². The molecule has 0 unspecified atom stereocenters. The molecule has 0 radical (unpaired) electrons. The number of rotatable bonds is 7. The zero-order valence-electron chi connectivity index (χ0n) is 9.83. The molecule has 0 saturated carbocycles. The fourth-order valence-corrected chi connectivity index (χ4v) is 3.54. The number of hydrogen-bond donors (Lipinski definition) is 1. The van der Waals surface area contributed by atoms with E-state index in [0.29, 0.717) is 19.1 Å². The average molecular weight is 356 g/mol. The van der Waals surface area contributed by atoms with E-state index in [2.05, 4.69) is 27.2 Å². The molecule has 1 N–H and O–H groups in total. The van der Waals surface area contributed by atoms with Gasteiger partial charge in [0.15, 0.2) is 0 Å². The number of hydrogen-bond acceptors (Lipinski definition) is 3. The second-order valence-electron chi connectivity index (χ2n) is 3.49. The molecule has 8 heteroatoms. The van der Waals surface area contributed by atoms with Crippen LogP contribution in [0.5, 0.6) is 0 Å². The fraction of sp³-hybridized carbons (Fsp3) is 0.273. The van der Waals surface area contributed by atoms with Crippen LogP contribution in [0.15, 0.2) is 34.3 Å². The van der Waals surface area contributed by atoms with Crippen LogP contribution in [-0.2, 0) is 14.8 Å². The number of halogens is 3. The Balaban J connectivity index is 2.80. The van der Waals surface area contributed by atoms with Crippen LogP contribution in [0, 0.1) is 11.6 Å². The van der Waals surface area contributed by atoms with Crippen molar-refractivity contribution in [1.29, 1.82) is 0 Å². The van der Waals surface area contributed by atoms with Crippen molar-refractivity contribution in [1.82, 2.24) is 4.72 Å². The molecule has 4 nitrogen and oxygen atoms in total. The molecule has 19 heavy (non-hydrogen) atoms. The Hall–Kier alpha value is -0.990. The Bertz CT molecular complexity index is 540. The van der Waals surface area contributed by atoms with Crippen LogP contribution in [0.2, 0.25) is 0 Å². The van der Waals surface area contributed by atoms with Gasteiger partial charge in [-0.05, 0) is 28.4 Å². The van der Waals surface area contributed by atoms with Gasteiger partial charge in [-0.3, -0.25) is 0 Å². The third kappa shape index (κ3) is 4.55. The lowest BCUT2D eigenvalue weighted by atomic mass is 10.3. The lowest BCUT2D eigenvalue weighted by Gasteiger charge is -2.09. The molecule has 0 saturated heterocycles. The van der Waals surface area contributed by atoms with Crippen molar-refractivity contribution in [3.05, 3.63) is 41.1 Å². The van der Waals surface area contributed by atoms with E-state index in [1.54, 1.807) is 0 Å². The Kier molecular flexibility index (Phi) is 5.89. The van der Waals surface area contributed by atoms with Crippen LogP contribution >= 0.6 is 15.9 Å². The zero-order valence-corrected chi connectivity index (χ0v) is 12.2. The highest BCUT2D eigenvalue weighted by Gasteiger charge is 2.23. The molecule has 0 spiro atoms. The predicted octanol–water partition coefficient (Wildman–Crippen LogP) is 2.56. The van der Waals surface area contributed by atoms with Gasteiger partial charge in [0.25, 0.3) is 0 Å². The Morgan fingerprint density at radius 3 is 2.68 bits per heavy atom. The van der Waals surface area contributed by atoms with E-state index in [0.717, 1.165) is 6.07 Å². The quantitative estimate of drug-likeness (QED) is 0.604. The SMILES string of the molecule is C=COCCCNS(=O)(=O)c1c(F)cc(F)cc1Br. The molecular weight excluding hydrogens is 344 g/mol. The van der Waals surface area contributed by atoms with Crippen molar-refractivity contribution < 1.29 is 21.9 Å². The highest BCUT2D eigenvalue weighted by Crippen LogP contribution is 2.25. The summed E-state index contributed by atoms with van der Waals surface area (Å²) in [6, 6.07) is 1.40. The van der Waals surface area contributed by atoms with Crippen LogP contribution in [-0.4, -0.2) is 21.6 Å². The molecule has 0 aliphatic rings. The molecule has 1 aromatic rings. The lowest BCUT2D eigenvalue weighted by Crippen LogP contribution is -2.26. The smallest absolute Gasteiger partial charge is 0.244 e. The van der Waals surface area contributed by atoms with E-state index in [1.165, 1.54) is 6.26 Å². The Labute approximate surface area is 118 Å². The molecule has 1 aromatic carbocycles. The summed E-state index contributed by atoms with van der Waals surface area (Å²) >= 11 is 2.83. The number of ether oxygens (including phenoxy) is 1. The van der Waals surface area contributed by atoms with Gasteiger partial charge in [0, 0.05) is 17.1 Å². The molecule has 106 valence electrons. The first kappa shape index (κ1) is 16.1. The van der Waals surface area contributed by atoms with E-state index in [1.807, 2.05) is 0 Å².